The van der Waals surface area contributed by atoms with E-state index in [0.29, 0.717) is 12.6 Å². The number of aromatic nitrogens is 4. The largest absolute Gasteiger partial charge is 0.347 e. The molecule has 1 fully saturated rings. The van der Waals surface area contributed by atoms with Crippen molar-refractivity contribution in [3.8, 4) is 0 Å². The summed E-state index contributed by atoms with van der Waals surface area (Å²) in [5.74, 6) is 2.60. The number of aromatic amines is 1. The average molecular weight is 289 g/mol. The lowest BCUT2D eigenvalue weighted by atomic mass is 10.0. The van der Waals surface area contributed by atoms with Gasteiger partial charge in [0.2, 0.25) is 5.89 Å². The second-order valence-electron chi connectivity index (χ2n) is 5.66. The molecule has 6 nitrogen and oxygen atoms in total. The van der Waals surface area contributed by atoms with E-state index in [9.17, 15) is 0 Å². The minimum atomic E-state index is 0.333. The summed E-state index contributed by atoms with van der Waals surface area (Å²) in [6.45, 7) is 3.94. The van der Waals surface area contributed by atoms with Crippen LogP contribution in [0.3, 0.4) is 0 Å². The summed E-state index contributed by atoms with van der Waals surface area (Å²) >= 11 is 0. The molecule has 0 aliphatic carbocycles. The van der Waals surface area contributed by atoms with Crippen LogP contribution in [0, 0.1) is 0 Å². The first-order valence-electron chi connectivity index (χ1n) is 7.91. The van der Waals surface area contributed by atoms with Gasteiger partial charge in [-0.2, -0.15) is 4.98 Å². The maximum absolute atomic E-state index is 5.40. The van der Waals surface area contributed by atoms with Crippen molar-refractivity contribution in [3.63, 3.8) is 0 Å². The first kappa shape index (κ1) is 14.3. The highest BCUT2D eigenvalue weighted by Gasteiger charge is 2.27. The number of hydrogen-bond acceptors (Lipinski definition) is 5. The number of nitrogens with zero attached hydrogens (tertiary/aromatic N) is 4. The highest BCUT2D eigenvalue weighted by Crippen LogP contribution is 2.29. The van der Waals surface area contributed by atoms with Crippen molar-refractivity contribution in [1.29, 1.82) is 0 Å². The molecule has 1 atom stereocenters. The van der Waals surface area contributed by atoms with E-state index in [-0.39, 0.29) is 0 Å². The Hall–Kier alpha value is -1.69. The maximum Gasteiger partial charge on any atom is 0.240 e. The molecule has 21 heavy (non-hydrogen) atoms. The first-order valence-corrected chi connectivity index (χ1v) is 7.91. The molecule has 0 saturated carbocycles. The summed E-state index contributed by atoms with van der Waals surface area (Å²) in [6.07, 6.45) is 10.5. The Morgan fingerprint density at radius 2 is 2.38 bits per heavy atom. The van der Waals surface area contributed by atoms with Crippen LogP contribution >= 0.6 is 0 Å². The Labute approximate surface area is 125 Å². The number of H-pyrrole nitrogens is 1. The maximum atomic E-state index is 5.40. The minimum absolute atomic E-state index is 0.333. The van der Waals surface area contributed by atoms with Gasteiger partial charge in [0.1, 0.15) is 5.82 Å². The predicted octanol–water partition coefficient (Wildman–Crippen LogP) is 2.86. The van der Waals surface area contributed by atoms with E-state index in [0.717, 1.165) is 49.8 Å². The smallest absolute Gasteiger partial charge is 0.240 e. The molecular formula is C15H23N5O. The number of imidazole rings is 1. The summed E-state index contributed by atoms with van der Waals surface area (Å²) in [7, 11) is 0. The van der Waals surface area contributed by atoms with E-state index >= 15 is 0 Å². The van der Waals surface area contributed by atoms with Crippen LogP contribution in [0.2, 0.25) is 0 Å². The zero-order valence-electron chi connectivity index (χ0n) is 12.6. The molecule has 114 valence electrons. The average Bonchev–Trinajstić information content (AvgIpc) is 3.17. The molecule has 1 saturated heterocycles. The monoisotopic (exact) mass is 289 g/mol. The molecule has 2 aromatic heterocycles. The second kappa shape index (κ2) is 6.85. The zero-order chi connectivity index (χ0) is 14.5. The fraction of sp³-hybridized carbons (Fsp3) is 0.667. The van der Waals surface area contributed by atoms with Crippen LogP contribution in [0.25, 0.3) is 0 Å². The van der Waals surface area contributed by atoms with Crippen molar-refractivity contribution in [3.05, 3.63) is 29.9 Å². The van der Waals surface area contributed by atoms with Crippen LogP contribution in [0.5, 0.6) is 0 Å². The molecule has 3 heterocycles. The van der Waals surface area contributed by atoms with Gasteiger partial charge in [0.15, 0.2) is 5.82 Å². The third-order valence-electron chi connectivity index (χ3n) is 4.05. The van der Waals surface area contributed by atoms with Crippen molar-refractivity contribution in [2.24, 2.45) is 0 Å². The van der Waals surface area contributed by atoms with Crippen molar-refractivity contribution >= 4 is 0 Å². The number of aryl methyl sites for hydroxylation is 1. The normalized spacial score (nSPS) is 20.0. The van der Waals surface area contributed by atoms with Crippen LogP contribution in [0.15, 0.2) is 16.9 Å². The highest BCUT2D eigenvalue weighted by molar-refractivity contribution is 4.99. The fourth-order valence-corrected chi connectivity index (χ4v) is 2.91. The summed E-state index contributed by atoms with van der Waals surface area (Å²) in [5, 5.41) is 4.07. The lowest BCUT2D eigenvalue weighted by Gasteiger charge is -2.33. The summed E-state index contributed by atoms with van der Waals surface area (Å²) in [6, 6.07) is 0.333. The molecule has 3 rings (SSSR count). The Balaban J connectivity index is 1.65. The van der Waals surface area contributed by atoms with Gasteiger partial charge in [-0.05, 0) is 25.8 Å². The van der Waals surface area contributed by atoms with Gasteiger partial charge in [0.25, 0.3) is 0 Å². The van der Waals surface area contributed by atoms with Gasteiger partial charge in [-0.15, -0.1) is 0 Å². The summed E-state index contributed by atoms with van der Waals surface area (Å²) in [4.78, 5) is 14.5. The van der Waals surface area contributed by atoms with E-state index in [2.05, 4.69) is 31.9 Å². The number of rotatable bonds is 6. The topological polar surface area (TPSA) is 70.8 Å². The standard InChI is InChI=1S/C15H23N5O/c1-2-3-7-13-18-14(21-19-13)11-20-10-5-4-6-12(20)15-16-8-9-17-15/h8-9,12H,2-7,10-11H2,1H3,(H,16,17)/t12-/m1/s1. The Morgan fingerprint density at radius 3 is 3.19 bits per heavy atom. The van der Waals surface area contributed by atoms with E-state index < -0.39 is 0 Å². The molecule has 0 bridgehead atoms. The van der Waals surface area contributed by atoms with Crippen molar-refractivity contribution in [2.75, 3.05) is 6.54 Å². The van der Waals surface area contributed by atoms with Crippen molar-refractivity contribution in [2.45, 2.75) is 58.0 Å². The second-order valence-corrected chi connectivity index (χ2v) is 5.66. The first-order chi connectivity index (χ1) is 10.4. The van der Waals surface area contributed by atoms with E-state index in [4.69, 9.17) is 4.52 Å². The highest BCUT2D eigenvalue weighted by atomic mass is 16.5. The summed E-state index contributed by atoms with van der Waals surface area (Å²) in [5.41, 5.74) is 0. The predicted molar refractivity (Wildman–Crippen MR) is 78.5 cm³/mol. The van der Waals surface area contributed by atoms with Crippen LogP contribution in [0.1, 0.15) is 62.6 Å². The molecular weight excluding hydrogens is 266 g/mol. The number of nitrogens with one attached hydrogen (secondary N) is 1. The molecule has 1 aliphatic rings. The number of unbranched alkanes of at least 4 members (excludes halogenated alkanes) is 1. The third-order valence-corrected chi connectivity index (χ3v) is 4.05. The quantitative estimate of drug-likeness (QED) is 0.885. The Morgan fingerprint density at radius 1 is 1.43 bits per heavy atom. The van der Waals surface area contributed by atoms with E-state index in [1.165, 1.54) is 12.8 Å². The molecule has 6 heteroatoms. The van der Waals surface area contributed by atoms with E-state index in [1.807, 2.05) is 12.4 Å². The molecule has 1 N–H and O–H groups in total. The van der Waals surface area contributed by atoms with Crippen LogP contribution < -0.4 is 0 Å². The molecule has 2 aromatic rings. The van der Waals surface area contributed by atoms with Gasteiger partial charge in [-0.1, -0.05) is 24.9 Å². The Bertz CT molecular complexity index is 536. The minimum Gasteiger partial charge on any atom is -0.347 e. The third kappa shape index (κ3) is 3.50. The van der Waals surface area contributed by atoms with Gasteiger partial charge in [-0.3, -0.25) is 4.90 Å². The molecule has 0 spiro atoms. The van der Waals surface area contributed by atoms with Crippen LogP contribution in [-0.4, -0.2) is 31.6 Å². The Kier molecular flexibility index (Phi) is 4.65. The number of likely N-dealkylation sites (tertiary alicyclic amines) is 1. The molecule has 0 unspecified atom stereocenters. The lowest BCUT2D eigenvalue weighted by molar-refractivity contribution is 0.118. The molecule has 0 amide bonds. The van der Waals surface area contributed by atoms with Gasteiger partial charge < -0.3 is 9.51 Å². The van der Waals surface area contributed by atoms with Gasteiger partial charge in [0, 0.05) is 18.8 Å². The molecule has 0 radical (unpaired) electrons. The zero-order valence-corrected chi connectivity index (χ0v) is 12.6. The van der Waals surface area contributed by atoms with Gasteiger partial charge in [-0.25, -0.2) is 4.98 Å². The van der Waals surface area contributed by atoms with Crippen molar-refractivity contribution in [1.82, 2.24) is 25.0 Å². The van der Waals surface area contributed by atoms with Crippen LogP contribution in [-0.2, 0) is 13.0 Å². The van der Waals surface area contributed by atoms with Gasteiger partial charge in [0.05, 0.1) is 12.6 Å². The van der Waals surface area contributed by atoms with Crippen molar-refractivity contribution < 1.29 is 4.52 Å². The number of piperidine rings is 1. The molecule has 0 aromatic carbocycles. The number of hydrogen-bond donors (Lipinski definition) is 1. The fourth-order valence-electron chi connectivity index (χ4n) is 2.91. The summed E-state index contributed by atoms with van der Waals surface area (Å²) < 4.78 is 5.40. The SMILES string of the molecule is CCCCc1noc(CN2CCCC[C@@H]2c2ncc[nH]2)n1. The lowest BCUT2D eigenvalue weighted by Crippen LogP contribution is -2.33. The molecule has 1 aliphatic heterocycles. The van der Waals surface area contributed by atoms with Gasteiger partial charge >= 0.3 is 0 Å². The van der Waals surface area contributed by atoms with E-state index in [1.54, 1.807) is 0 Å². The van der Waals surface area contributed by atoms with Crippen LogP contribution in [0.4, 0.5) is 0 Å².